The van der Waals surface area contributed by atoms with Gasteiger partial charge in [-0.2, -0.15) is 0 Å². The van der Waals surface area contributed by atoms with E-state index in [1.807, 2.05) is 0 Å². The summed E-state index contributed by atoms with van der Waals surface area (Å²) in [5.41, 5.74) is 15.0. The lowest BCUT2D eigenvalue weighted by Gasteiger charge is -2.40. The third kappa shape index (κ3) is 4.37. The molecule has 1 heteroatoms. The molecule has 0 aromatic heterocycles. The Hall–Kier alpha value is -7.09. The molecule has 2 aliphatic carbocycles. The summed E-state index contributed by atoms with van der Waals surface area (Å²) in [6.07, 6.45) is 0. The van der Waals surface area contributed by atoms with E-state index in [0.717, 1.165) is 43.8 Å². The predicted molar refractivity (Wildman–Crippen MR) is 238 cm³/mol. The number of carbonyl (C=O) groups excluding carboxylic acids is 1. The van der Waals surface area contributed by atoms with Crippen LogP contribution in [0.3, 0.4) is 0 Å². The highest BCUT2D eigenvalue weighted by atomic mass is 16.1. The average Bonchev–Trinajstić information content (AvgIpc) is 3.54. The van der Waals surface area contributed by atoms with Crippen LogP contribution in [0.2, 0.25) is 0 Å². The van der Waals surface area contributed by atoms with Gasteiger partial charge in [-0.1, -0.05) is 146 Å². The van der Waals surface area contributed by atoms with Crippen molar-refractivity contribution in [1.29, 1.82) is 0 Å². The zero-order valence-electron chi connectivity index (χ0n) is 31.7. The summed E-state index contributed by atoms with van der Waals surface area (Å²) < 4.78 is 0. The topological polar surface area (TPSA) is 17.1 Å². The zero-order chi connectivity index (χ0) is 38.0. The van der Waals surface area contributed by atoms with Gasteiger partial charge >= 0.3 is 0 Å². The van der Waals surface area contributed by atoms with Crippen LogP contribution >= 0.6 is 0 Å². The number of hydrogen-bond acceptors (Lipinski definition) is 1. The molecule has 0 N–H and O–H groups in total. The zero-order valence-corrected chi connectivity index (χ0v) is 31.7. The molecule has 12 rings (SSSR count). The number of aryl methyl sites for hydroxylation is 2. The molecular formula is C56H36O. The van der Waals surface area contributed by atoms with Gasteiger partial charge in [-0.3, -0.25) is 4.79 Å². The van der Waals surface area contributed by atoms with Crippen molar-refractivity contribution in [3.63, 3.8) is 0 Å². The van der Waals surface area contributed by atoms with Gasteiger partial charge in [0.1, 0.15) is 0 Å². The molecule has 0 saturated heterocycles. The Morgan fingerprint density at radius 3 is 1.11 bits per heavy atom. The van der Waals surface area contributed by atoms with Crippen LogP contribution in [0, 0.1) is 13.8 Å². The summed E-state index contributed by atoms with van der Waals surface area (Å²) in [7, 11) is 0. The second-order valence-electron chi connectivity index (χ2n) is 16.0. The van der Waals surface area contributed by atoms with E-state index in [1.165, 1.54) is 77.2 Å². The van der Waals surface area contributed by atoms with Crippen LogP contribution in [0.4, 0.5) is 0 Å². The third-order valence-corrected chi connectivity index (χ3v) is 13.1. The molecule has 1 nitrogen and oxygen atoms in total. The molecule has 0 saturated carbocycles. The molecule has 2 aliphatic rings. The van der Waals surface area contributed by atoms with Gasteiger partial charge in [0.15, 0.2) is 5.78 Å². The largest absolute Gasteiger partial charge is 0.289 e. The summed E-state index contributed by atoms with van der Waals surface area (Å²) in [5, 5.41) is 9.41. The van der Waals surface area contributed by atoms with E-state index in [1.54, 1.807) is 0 Å². The second kappa shape index (κ2) is 11.7. The fourth-order valence-electron chi connectivity index (χ4n) is 10.4. The van der Waals surface area contributed by atoms with E-state index in [-0.39, 0.29) is 5.78 Å². The number of ketones is 1. The SMILES string of the molecule is Cc1ccc(-c2ccc3c(c2)C2(c4cc5ccccc5cc4C(=O)c4cc5ccccc5cc42)c2cc(-c4ccc(C)c5ccccc45)ccc2-3)c2ccccc12. The maximum atomic E-state index is 15.1. The minimum Gasteiger partial charge on any atom is -0.289 e. The average molecular weight is 725 g/mol. The molecule has 57 heavy (non-hydrogen) atoms. The van der Waals surface area contributed by atoms with Gasteiger partial charge in [0.2, 0.25) is 0 Å². The quantitative estimate of drug-likeness (QED) is 0.173. The number of carbonyl (C=O) groups is 1. The molecule has 0 unspecified atom stereocenters. The number of benzene rings is 10. The summed E-state index contributed by atoms with van der Waals surface area (Å²) in [6, 6.07) is 66.6. The molecule has 10 aromatic rings. The maximum Gasteiger partial charge on any atom is 0.193 e. The molecule has 0 amide bonds. The fraction of sp³-hybridized carbons (Fsp3) is 0.0536. The lowest BCUT2D eigenvalue weighted by Crippen LogP contribution is -2.36. The molecular weight excluding hydrogens is 689 g/mol. The van der Waals surface area contributed by atoms with E-state index < -0.39 is 5.41 Å². The Kier molecular flexibility index (Phi) is 6.61. The van der Waals surface area contributed by atoms with Crippen molar-refractivity contribution in [1.82, 2.24) is 0 Å². The third-order valence-electron chi connectivity index (χ3n) is 13.1. The summed E-state index contributed by atoms with van der Waals surface area (Å²) >= 11 is 0. The Bertz CT molecular complexity index is 3170. The lowest BCUT2D eigenvalue weighted by atomic mass is 9.60. The summed E-state index contributed by atoms with van der Waals surface area (Å²) in [6.45, 7) is 4.38. The molecule has 266 valence electrons. The molecule has 0 bridgehead atoms. The first-order valence-electron chi connectivity index (χ1n) is 19.9. The Balaban J connectivity index is 1.25. The van der Waals surface area contributed by atoms with Crippen LogP contribution < -0.4 is 0 Å². The maximum absolute atomic E-state index is 15.1. The van der Waals surface area contributed by atoms with Gasteiger partial charge < -0.3 is 0 Å². The van der Waals surface area contributed by atoms with E-state index in [2.05, 4.69) is 196 Å². The minimum atomic E-state index is -0.773. The highest BCUT2D eigenvalue weighted by Gasteiger charge is 2.52. The summed E-state index contributed by atoms with van der Waals surface area (Å²) in [5.74, 6) is 0.0819. The van der Waals surface area contributed by atoms with Crippen molar-refractivity contribution in [3.8, 4) is 33.4 Å². The predicted octanol–water partition coefficient (Wildman–Crippen LogP) is 14.2. The van der Waals surface area contributed by atoms with E-state index in [9.17, 15) is 0 Å². The van der Waals surface area contributed by atoms with Crippen LogP contribution in [0.1, 0.15) is 49.3 Å². The smallest absolute Gasteiger partial charge is 0.193 e. The van der Waals surface area contributed by atoms with E-state index >= 15 is 4.79 Å². The van der Waals surface area contributed by atoms with E-state index in [0.29, 0.717) is 0 Å². The molecule has 0 heterocycles. The van der Waals surface area contributed by atoms with Crippen LogP contribution in [0.5, 0.6) is 0 Å². The van der Waals surface area contributed by atoms with Gasteiger partial charge in [0.05, 0.1) is 5.41 Å². The van der Waals surface area contributed by atoms with Crippen molar-refractivity contribution in [3.05, 3.63) is 226 Å². The van der Waals surface area contributed by atoms with Crippen LogP contribution in [0.15, 0.2) is 182 Å². The van der Waals surface area contributed by atoms with Crippen LogP contribution in [0.25, 0.3) is 76.5 Å². The number of rotatable bonds is 2. The number of hydrogen-bond donors (Lipinski definition) is 0. The van der Waals surface area contributed by atoms with E-state index in [4.69, 9.17) is 0 Å². The van der Waals surface area contributed by atoms with Gasteiger partial charge in [0.25, 0.3) is 0 Å². The van der Waals surface area contributed by atoms with Crippen molar-refractivity contribution in [2.75, 3.05) is 0 Å². The Labute approximate surface area is 331 Å². The second-order valence-corrected chi connectivity index (χ2v) is 16.0. The molecule has 0 radical (unpaired) electrons. The van der Waals surface area contributed by atoms with Crippen molar-refractivity contribution < 1.29 is 4.79 Å². The fourth-order valence-corrected chi connectivity index (χ4v) is 10.4. The lowest BCUT2D eigenvalue weighted by molar-refractivity contribution is 0.103. The normalized spacial score (nSPS) is 13.6. The van der Waals surface area contributed by atoms with Crippen molar-refractivity contribution in [2.45, 2.75) is 19.3 Å². The highest BCUT2D eigenvalue weighted by molar-refractivity contribution is 6.18. The monoisotopic (exact) mass is 724 g/mol. The first-order valence-corrected chi connectivity index (χ1v) is 19.9. The van der Waals surface area contributed by atoms with Crippen molar-refractivity contribution in [2.24, 2.45) is 0 Å². The molecule has 10 aromatic carbocycles. The van der Waals surface area contributed by atoms with Crippen LogP contribution in [-0.2, 0) is 5.41 Å². The number of fused-ring (bicyclic) bond motifs is 13. The highest BCUT2D eigenvalue weighted by Crippen LogP contribution is 2.61. The standard InChI is InChI=1S/C56H36O/c1-33-19-23-43(45-17-9-7-15-41(33)45)39-21-25-47-48-26-22-40(44-24-20-34(2)42-16-8-10-18-46(42)44)32-52(48)56(51(47)31-39)53-29-37-13-5-3-11-35(37)27-49(53)55(57)50-28-36-12-4-6-14-38(36)30-54(50)56/h3-32H,1-2H3. The van der Waals surface area contributed by atoms with Crippen LogP contribution in [-0.4, -0.2) is 5.78 Å². The molecule has 0 atom stereocenters. The first kappa shape index (κ1) is 32.2. The first-order chi connectivity index (χ1) is 28.0. The van der Waals surface area contributed by atoms with Gasteiger partial charge in [-0.05, 0) is 160 Å². The van der Waals surface area contributed by atoms with Gasteiger partial charge in [-0.15, -0.1) is 0 Å². The van der Waals surface area contributed by atoms with Gasteiger partial charge in [-0.25, -0.2) is 0 Å². The molecule has 0 fully saturated rings. The summed E-state index contributed by atoms with van der Waals surface area (Å²) in [4.78, 5) is 15.1. The molecule has 1 spiro atoms. The van der Waals surface area contributed by atoms with Gasteiger partial charge in [0, 0.05) is 11.1 Å². The van der Waals surface area contributed by atoms with Crippen molar-refractivity contribution >= 4 is 48.9 Å². The Morgan fingerprint density at radius 2 is 0.667 bits per heavy atom. The Morgan fingerprint density at radius 1 is 0.316 bits per heavy atom. The molecule has 0 aliphatic heterocycles. The minimum absolute atomic E-state index is 0.0819.